The smallest absolute Gasteiger partial charge is 0.137 e. The van der Waals surface area contributed by atoms with Crippen LogP contribution >= 0.6 is 0 Å². The van der Waals surface area contributed by atoms with Crippen LogP contribution in [0.4, 0.5) is 4.39 Å². The van der Waals surface area contributed by atoms with Crippen LogP contribution in [0.1, 0.15) is 17.5 Å². The van der Waals surface area contributed by atoms with Crippen molar-refractivity contribution in [2.75, 3.05) is 0 Å². The molecule has 0 amide bonds. The van der Waals surface area contributed by atoms with Crippen LogP contribution in [0.3, 0.4) is 0 Å². The first-order valence-corrected chi connectivity index (χ1v) is 4.19. The fourth-order valence-electron chi connectivity index (χ4n) is 1.68. The average Bonchev–Trinajstić information content (AvgIpc) is 2.02. The highest BCUT2D eigenvalue weighted by Gasteiger charge is 2.19. The van der Waals surface area contributed by atoms with Crippen molar-refractivity contribution < 1.29 is 14.3 Å². The molecule has 1 aromatic rings. The van der Waals surface area contributed by atoms with Gasteiger partial charge in [-0.05, 0) is 23.6 Å². The zero-order valence-electron chi connectivity index (χ0n) is 7.01. The third kappa shape index (κ3) is 1.41. The maximum Gasteiger partial charge on any atom is 0.137 e. The Kier molecular flexibility index (Phi) is 1.79. The van der Waals surface area contributed by atoms with Crippen molar-refractivity contribution in [1.82, 2.24) is 0 Å². The van der Waals surface area contributed by atoms with Gasteiger partial charge in [-0.2, -0.15) is 0 Å². The highest BCUT2D eigenvalue weighted by atomic mass is 19.1. The van der Waals surface area contributed by atoms with Gasteiger partial charge in [0.05, 0.1) is 0 Å². The third-order valence-corrected chi connectivity index (χ3v) is 2.31. The van der Waals surface area contributed by atoms with E-state index in [0.717, 1.165) is 6.07 Å². The van der Waals surface area contributed by atoms with Crippen molar-refractivity contribution in [2.45, 2.75) is 19.3 Å². The van der Waals surface area contributed by atoms with Crippen LogP contribution in [0.5, 0.6) is 5.75 Å². The second-order valence-electron chi connectivity index (χ2n) is 3.28. The highest BCUT2D eigenvalue weighted by molar-refractivity contribution is 5.83. The van der Waals surface area contributed by atoms with Crippen LogP contribution in [0.2, 0.25) is 0 Å². The molecule has 0 saturated heterocycles. The van der Waals surface area contributed by atoms with E-state index < -0.39 is 5.82 Å². The zero-order chi connectivity index (χ0) is 9.42. The van der Waals surface area contributed by atoms with Gasteiger partial charge in [0.1, 0.15) is 17.3 Å². The normalized spacial score (nSPS) is 15.6. The first kappa shape index (κ1) is 8.23. The van der Waals surface area contributed by atoms with E-state index >= 15 is 0 Å². The molecule has 68 valence electrons. The number of hydrogen-bond acceptors (Lipinski definition) is 2. The Labute approximate surface area is 75.0 Å². The van der Waals surface area contributed by atoms with Crippen molar-refractivity contribution >= 4 is 5.78 Å². The van der Waals surface area contributed by atoms with E-state index in [1.54, 1.807) is 0 Å². The van der Waals surface area contributed by atoms with E-state index in [4.69, 9.17) is 5.11 Å². The molecule has 13 heavy (non-hydrogen) atoms. The molecule has 2 nitrogen and oxygen atoms in total. The minimum Gasteiger partial charge on any atom is -0.508 e. The molecule has 0 unspecified atom stereocenters. The highest BCUT2D eigenvalue weighted by Crippen LogP contribution is 2.26. The lowest BCUT2D eigenvalue weighted by Crippen LogP contribution is -2.14. The quantitative estimate of drug-likeness (QED) is 0.658. The van der Waals surface area contributed by atoms with E-state index in [9.17, 15) is 9.18 Å². The van der Waals surface area contributed by atoms with Crippen LogP contribution < -0.4 is 0 Å². The molecule has 1 aromatic carbocycles. The lowest BCUT2D eigenvalue weighted by molar-refractivity contribution is -0.118. The van der Waals surface area contributed by atoms with Crippen molar-refractivity contribution in [3.8, 4) is 5.75 Å². The Morgan fingerprint density at radius 2 is 2.08 bits per heavy atom. The molecule has 1 N–H and O–H groups in total. The first-order valence-electron chi connectivity index (χ1n) is 4.19. The Hall–Kier alpha value is -1.38. The number of fused-ring (bicyclic) bond motifs is 1. The molecule has 0 heterocycles. The summed E-state index contributed by atoms with van der Waals surface area (Å²) < 4.78 is 13.2. The topological polar surface area (TPSA) is 37.3 Å². The number of aromatic hydroxyl groups is 1. The second kappa shape index (κ2) is 2.83. The lowest BCUT2D eigenvalue weighted by Gasteiger charge is -2.15. The molecule has 0 bridgehead atoms. The van der Waals surface area contributed by atoms with Crippen molar-refractivity contribution in [3.05, 3.63) is 29.1 Å². The van der Waals surface area contributed by atoms with Gasteiger partial charge in [-0.3, -0.25) is 4.79 Å². The van der Waals surface area contributed by atoms with Gasteiger partial charge in [0, 0.05) is 18.9 Å². The maximum atomic E-state index is 13.2. The zero-order valence-corrected chi connectivity index (χ0v) is 7.01. The standard InChI is InChI=1S/C10H9FO2/c11-10-5-8(13)4-6-3-7(12)1-2-9(6)10/h4-5,13H,1-3H2. The molecular formula is C10H9FO2. The van der Waals surface area contributed by atoms with E-state index in [0.29, 0.717) is 24.0 Å². The van der Waals surface area contributed by atoms with Gasteiger partial charge in [-0.1, -0.05) is 0 Å². The third-order valence-electron chi connectivity index (χ3n) is 2.31. The predicted molar refractivity (Wildman–Crippen MR) is 45.1 cm³/mol. The van der Waals surface area contributed by atoms with Crippen LogP contribution in [-0.4, -0.2) is 10.9 Å². The van der Waals surface area contributed by atoms with Crippen LogP contribution in [-0.2, 0) is 17.6 Å². The van der Waals surface area contributed by atoms with Crippen molar-refractivity contribution in [3.63, 3.8) is 0 Å². The summed E-state index contributed by atoms with van der Waals surface area (Å²) in [4.78, 5) is 11.0. The number of carbonyl (C=O) groups is 1. The molecule has 0 saturated carbocycles. The molecule has 2 rings (SSSR count). The van der Waals surface area contributed by atoms with Gasteiger partial charge in [0.2, 0.25) is 0 Å². The summed E-state index contributed by atoms with van der Waals surface area (Å²) in [6.07, 6.45) is 1.12. The Bertz CT molecular complexity index is 371. The van der Waals surface area contributed by atoms with Gasteiger partial charge < -0.3 is 5.11 Å². The van der Waals surface area contributed by atoms with Gasteiger partial charge in [-0.15, -0.1) is 0 Å². The molecule has 1 aliphatic rings. The number of hydrogen-bond donors (Lipinski definition) is 1. The van der Waals surface area contributed by atoms with Crippen LogP contribution in [0, 0.1) is 5.82 Å². The molecule has 0 radical (unpaired) electrons. The van der Waals surface area contributed by atoms with Crippen LogP contribution in [0.15, 0.2) is 12.1 Å². The molecule has 0 aromatic heterocycles. The lowest BCUT2D eigenvalue weighted by atomic mass is 9.90. The molecule has 0 spiro atoms. The number of phenols is 1. The van der Waals surface area contributed by atoms with Crippen molar-refractivity contribution in [2.24, 2.45) is 0 Å². The maximum absolute atomic E-state index is 13.2. The summed E-state index contributed by atoms with van der Waals surface area (Å²) in [6.45, 7) is 0. The SMILES string of the molecule is O=C1CCc2c(F)cc(O)cc2C1. The number of Topliss-reactive ketones (excluding diaryl/α,β-unsaturated/α-hetero) is 1. The van der Waals surface area contributed by atoms with Crippen molar-refractivity contribution in [1.29, 1.82) is 0 Å². The number of rotatable bonds is 0. The van der Waals surface area contributed by atoms with E-state index in [-0.39, 0.29) is 18.0 Å². The minimum absolute atomic E-state index is 0.106. The average molecular weight is 180 g/mol. The van der Waals surface area contributed by atoms with Gasteiger partial charge in [0.15, 0.2) is 0 Å². The number of benzene rings is 1. The Morgan fingerprint density at radius 3 is 2.85 bits per heavy atom. The molecule has 0 aliphatic heterocycles. The number of phenolic OH excluding ortho intramolecular Hbond substituents is 1. The molecule has 0 atom stereocenters. The summed E-state index contributed by atoms with van der Waals surface area (Å²) >= 11 is 0. The summed E-state index contributed by atoms with van der Waals surface area (Å²) in [5, 5.41) is 9.10. The summed E-state index contributed by atoms with van der Waals surface area (Å²) in [7, 11) is 0. The Morgan fingerprint density at radius 1 is 1.31 bits per heavy atom. The Balaban J connectivity index is 2.53. The van der Waals surface area contributed by atoms with Gasteiger partial charge >= 0.3 is 0 Å². The van der Waals surface area contributed by atoms with Crippen LogP contribution in [0.25, 0.3) is 0 Å². The molecule has 1 aliphatic carbocycles. The fraction of sp³-hybridized carbons (Fsp3) is 0.300. The number of halogens is 1. The fourth-order valence-corrected chi connectivity index (χ4v) is 1.68. The van der Waals surface area contributed by atoms with E-state index in [2.05, 4.69) is 0 Å². The summed E-state index contributed by atoms with van der Waals surface area (Å²) in [5.74, 6) is -0.397. The summed E-state index contributed by atoms with van der Waals surface area (Å²) in [6, 6.07) is 2.56. The minimum atomic E-state index is -0.400. The number of carbonyl (C=O) groups excluding carboxylic acids is 1. The monoisotopic (exact) mass is 180 g/mol. The summed E-state index contributed by atoms with van der Waals surface area (Å²) in [5.41, 5.74) is 1.21. The second-order valence-corrected chi connectivity index (χ2v) is 3.28. The molecule has 0 fully saturated rings. The van der Waals surface area contributed by atoms with Gasteiger partial charge in [0.25, 0.3) is 0 Å². The largest absolute Gasteiger partial charge is 0.508 e. The molecular weight excluding hydrogens is 171 g/mol. The van der Waals surface area contributed by atoms with E-state index in [1.807, 2.05) is 0 Å². The molecule has 3 heteroatoms. The van der Waals surface area contributed by atoms with Gasteiger partial charge in [-0.25, -0.2) is 4.39 Å². The predicted octanol–water partition coefficient (Wildman–Crippen LogP) is 1.59. The number of ketones is 1. The van der Waals surface area contributed by atoms with E-state index in [1.165, 1.54) is 6.07 Å². The first-order chi connectivity index (χ1) is 6.16.